The van der Waals surface area contributed by atoms with Gasteiger partial charge in [0.05, 0.1) is 23.9 Å². The third-order valence-corrected chi connectivity index (χ3v) is 5.20. The zero-order chi connectivity index (χ0) is 17.9. The Hall–Kier alpha value is -2.26. The van der Waals surface area contributed by atoms with Crippen LogP contribution in [0, 0.1) is 20.8 Å². The third kappa shape index (κ3) is 3.98. The second-order valence-corrected chi connectivity index (χ2v) is 7.31. The summed E-state index contributed by atoms with van der Waals surface area (Å²) in [6.45, 7) is 4.94. The maximum absolute atomic E-state index is 12.0. The highest BCUT2D eigenvalue weighted by Gasteiger charge is 2.22. The van der Waals surface area contributed by atoms with Crippen molar-refractivity contribution in [3.63, 3.8) is 0 Å². The minimum Gasteiger partial charge on any atom is -0.465 e. The number of anilines is 1. The molecular weight excluding hydrogens is 352 g/mol. The van der Waals surface area contributed by atoms with Crippen molar-refractivity contribution in [1.82, 2.24) is 4.98 Å². The van der Waals surface area contributed by atoms with Gasteiger partial charge in [0.1, 0.15) is 9.88 Å². The highest BCUT2D eigenvalue weighted by atomic mass is 32.1. The van der Waals surface area contributed by atoms with Crippen LogP contribution >= 0.6 is 22.7 Å². The van der Waals surface area contributed by atoms with Gasteiger partial charge in [0.2, 0.25) is 0 Å². The number of ether oxygens (including phenoxy) is 2. The van der Waals surface area contributed by atoms with Gasteiger partial charge < -0.3 is 14.8 Å². The quantitative estimate of drug-likeness (QED) is 0.816. The lowest BCUT2D eigenvalue weighted by atomic mass is 10.1. The van der Waals surface area contributed by atoms with Crippen LogP contribution in [-0.4, -0.2) is 36.5 Å². The topological polar surface area (TPSA) is 94.6 Å². The first-order chi connectivity index (χ1) is 11.3. The molecule has 0 unspecified atom stereocenters. The van der Waals surface area contributed by atoms with Gasteiger partial charge in [0.25, 0.3) is 5.91 Å². The first-order valence-corrected chi connectivity index (χ1v) is 8.54. The molecule has 0 bridgehead atoms. The number of aromatic nitrogens is 1. The lowest BCUT2D eigenvalue weighted by Crippen LogP contribution is -2.21. The number of amides is 1. The molecule has 0 aliphatic rings. The van der Waals surface area contributed by atoms with Crippen LogP contribution in [0.5, 0.6) is 0 Å². The summed E-state index contributed by atoms with van der Waals surface area (Å²) in [5, 5.41) is 3.70. The molecule has 0 aliphatic heterocycles. The summed E-state index contributed by atoms with van der Waals surface area (Å²) in [4.78, 5) is 40.8. The molecule has 0 aromatic carbocycles. The summed E-state index contributed by atoms with van der Waals surface area (Å²) in [6, 6.07) is 0. The van der Waals surface area contributed by atoms with Gasteiger partial charge in [-0.15, -0.1) is 22.7 Å². The van der Waals surface area contributed by atoms with Crippen LogP contribution in [0.1, 0.15) is 35.5 Å². The number of hydrogen-bond donors (Lipinski definition) is 1. The van der Waals surface area contributed by atoms with E-state index in [2.05, 4.69) is 10.3 Å². The maximum Gasteiger partial charge on any atom is 0.350 e. The smallest absolute Gasteiger partial charge is 0.350 e. The van der Waals surface area contributed by atoms with Gasteiger partial charge in [-0.1, -0.05) is 0 Å². The zero-order valence-electron chi connectivity index (χ0n) is 13.6. The van der Waals surface area contributed by atoms with Gasteiger partial charge in [-0.05, 0) is 26.3 Å². The molecule has 0 spiro atoms. The van der Waals surface area contributed by atoms with E-state index in [1.54, 1.807) is 13.8 Å². The van der Waals surface area contributed by atoms with Crippen molar-refractivity contribution in [3.05, 3.63) is 32.1 Å². The molecule has 0 atom stereocenters. The van der Waals surface area contributed by atoms with Gasteiger partial charge in [0, 0.05) is 4.88 Å². The summed E-state index contributed by atoms with van der Waals surface area (Å²) >= 11 is 2.46. The molecule has 0 aliphatic carbocycles. The van der Waals surface area contributed by atoms with E-state index in [9.17, 15) is 14.4 Å². The van der Waals surface area contributed by atoms with Crippen molar-refractivity contribution < 1.29 is 23.9 Å². The average Bonchev–Trinajstić information content (AvgIpc) is 3.09. The minimum atomic E-state index is -0.609. The molecule has 2 rings (SSSR count). The molecule has 1 N–H and O–H groups in total. The Kier molecular flexibility index (Phi) is 5.68. The summed E-state index contributed by atoms with van der Waals surface area (Å²) < 4.78 is 9.68. The SMILES string of the molecule is COC(=O)c1c(NC(=O)COC(=O)c2cnc(C)s2)sc(C)c1C. The predicted octanol–water partition coefficient (Wildman–Crippen LogP) is 2.71. The number of carbonyl (C=O) groups excluding carboxylic acids is 3. The van der Waals surface area contributed by atoms with Crippen LogP contribution in [0.4, 0.5) is 5.00 Å². The Bertz CT molecular complexity index is 794. The van der Waals surface area contributed by atoms with Crippen molar-refractivity contribution in [2.45, 2.75) is 20.8 Å². The largest absolute Gasteiger partial charge is 0.465 e. The molecule has 2 aromatic rings. The molecule has 9 heteroatoms. The summed E-state index contributed by atoms with van der Waals surface area (Å²) in [6.07, 6.45) is 1.40. The van der Waals surface area contributed by atoms with E-state index < -0.39 is 24.5 Å². The fourth-order valence-corrected chi connectivity index (χ4v) is 3.62. The van der Waals surface area contributed by atoms with Gasteiger partial charge in [0.15, 0.2) is 6.61 Å². The molecule has 0 fully saturated rings. The molecule has 2 heterocycles. The third-order valence-electron chi connectivity index (χ3n) is 3.18. The predicted molar refractivity (Wildman–Crippen MR) is 90.9 cm³/mol. The molecule has 0 radical (unpaired) electrons. The van der Waals surface area contributed by atoms with Crippen molar-refractivity contribution in [1.29, 1.82) is 0 Å². The molecule has 0 saturated carbocycles. The minimum absolute atomic E-state index is 0.317. The molecule has 128 valence electrons. The van der Waals surface area contributed by atoms with E-state index in [1.807, 2.05) is 6.92 Å². The summed E-state index contributed by atoms with van der Waals surface area (Å²) in [5.74, 6) is -1.66. The van der Waals surface area contributed by atoms with Gasteiger partial charge in [-0.25, -0.2) is 14.6 Å². The number of nitrogens with zero attached hydrogens (tertiary/aromatic N) is 1. The Labute approximate surface area is 146 Å². The standard InChI is InChI=1S/C15H16N2O5S2/c1-7-8(2)23-13(12(7)15(20)21-4)17-11(18)6-22-14(19)10-5-16-9(3)24-10/h5H,6H2,1-4H3,(H,17,18). The lowest BCUT2D eigenvalue weighted by molar-refractivity contribution is -0.119. The zero-order valence-corrected chi connectivity index (χ0v) is 15.2. The fourth-order valence-electron chi connectivity index (χ4n) is 1.88. The molecule has 24 heavy (non-hydrogen) atoms. The van der Waals surface area contributed by atoms with Gasteiger partial charge >= 0.3 is 11.9 Å². The number of thiophene rings is 1. The highest BCUT2D eigenvalue weighted by Crippen LogP contribution is 2.32. The van der Waals surface area contributed by atoms with Crippen molar-refractivity contribution >= 4 is 45.5 Å². The number of thiazole rings is 1. The molecule has 0 saturated heterocycles. The van der Waals surface area contributed by atoms with Crippen LogP contribution in [-0.2, 0) is 14.3 Å². The molecule has 1 amide bonds. The van der Waals surface area contributed by atoms with Crippen LogP contribution in [0.25, 0.3) is 0 Å². The first-order valence-electron chi connectivity index (χ1n) is 6.91. The van der Waals surface area contributed by atoms with E-state index in [-0.39, 0.29) is 0 Å². The van der Waals surface area contributed by atoms with Gasteiger partial charge in [-0.3, -0.25) is 4.79 Å². The van der Waals surface area contributed by atoms with Crippen LogP contribution in [0.3, 0.4) is 0 Å². The van der Waals surface area contributed by atoms with E-state index in [0.29, 0.717) is 15.4 Å². The number of hydrogen-bond acceptors (Lipinski definition) is 8. The normalized spacial score (nSPS) is 10.3. The van der Waals surface area contributed by atoms with Crippen LogP contribution < -0.4 is 5.32 Å². The first kappa shape index (κ1) is 18.1. The van der Waals surface area contributed by atoms with Crippen molar-refractivity contribution in [2.75, 3.05) is 19.0 Å². The summed E-state index contributed by atoms with van der Waals surface area (Å²) in [5.41, 5.74) is 1.07. The molecular formula is C15H16N2O5S2. The Morgan fingerprint density at radius 2 is 1.88 bits per heavy atom. The number of esters is 2. The summed E-state index contributed by atoms with van der Waals surface area (Å²) in [7, 11) is 1.28. The molecule has 7 nitrogen and oxygen atoms in total. The number of nitrogens with one attached hydrogen (secondary N) is 1. The number of methoxy groups -OCH3 is 1. The Morgan fingerprint density at radius 1 is 1.17 bits per heavy atom. The molecule has 2 aromatic heterocycles. The van der Waals surface area contributed by atoms with Gasteiger partial charge in [-0.2, -0.15) is 0 Å². The van der Waals surface area contributed by atoms with E-state index in [4.69, 9.17) is 9.47 Å². The number of carbonyl (C=O) groups is 3. The number of aryl methyl sites for hydroxylation is 2. The van der Waals surface area contributed by atoms with E-state index >= 15 is 0 Å². The average molecular weight is 368 g/mol. The lowest BCUT2D eigenvalue weighted by Gasteiger charge is -2.06. The Balaban J connectivity index is 2.01. The van der Waals surface area contributed by atoms with Crippen molar-refractivity contribution in [2.24, 2.45) is 0 Å². The maximum atomic E-state index is 12.0. The van der Waals surface area contributed by atoms with E-state index in [0.717, 1.165) is 15.4 Å². The monoisotopic (exact) mass is 368 g/mol. The fraction of sp³-hybridized carbons (Fsp3) is 0.333. The van der Waals surface area contributed by atoms with Crippen LogP contribution in [0.15, 0.2) is 6.20 Å². The van der Waals surface area contributed by atoms with E-state index in [1.165, 1.54) is 36.0 Å². The Morgan fingerprint density at radius 3 is 2.46 bits per heavy atom. The second kappa shape index (κ2) is 7.54. The highest BCUT2D eigenvalue weighted by molar-refractivity contribution is 7.16. The second-order valence-electron chi connectivity index (χ2n) is 4.85. The number of rotatable bonds is 5. The van der Waals surface area contributed by atoms with Crippen molar-refractivity contribution in [3.8, 4) is 0 Å². The van der Waals surface area contributed by atoms with Crippen LogP contribution in [0.2, 0.25) is 0 Å².